The third-order valence-corrected chi connectivity index (χ3v) is 11.4. The Morgan fingerprint density at radius 3 is 1.25 bits per heavy atom. The van der Waals surface area contributed by atoms with Gasteiger partial charge in [-0.3, -0.25) is 0 Å². The van der Waals surface area contributed by atoms with E-state index in [-0.39, 0.29) is 55.2 Å². The zero-order valence-electron chi connectivity index (χ0n) is 22.8. The molecule has 0 amide bonds. The molecule has 6 aliphatic carbocycles. The lowest BCUT2D eigenvalue weighted by Gasteiger charge is -2.24. The fraction of sp³-hybridized carbons (Fsp3) is 0.467. The van der Waals surface area contributed by atoms with Crippen molar-refractivity contribution in [2.45, 2.75) is 38.5 Å². The Labute approximate surface area is 282 Å². The second-order valence-electron chi connectivity index (χ2n) is 11.9. The van der Waals surface area contributed by atoms with Crippen LogP contribution >= 0.6 is 69.6 Å². The highest BCUT2D eigenvalue weighted by Gasteiger charge is 2.45. The van der Waals surface area contributed by atoms with Gasteiger partial charge in [-0.05, 0) is 86.2 Å². The van der Waals surface area contributed by atoms with E-state index in [1.807, 2.05) is 0 Å². The maximum Gasteiger partial charge on any atom is 0.423 e. The molecule has 0 spiro atoms. The smallest absolute Gasteiger partial charge is 0.423 e. The number of carbonyl (C=O) groups is 4. The van der Waals surface area contributed by atoms with Crippen molar-refractivity contribution in [3.05, 3.63) is 53.4 Å². The average Bonchev–Trinajstić information content (AvgIpc) is 3.72. The molecule has 0 aromatic heterocycles. The van der Waals surface area contributed by atoms with Gasteiger partial charge < -0.3 is 18.9 Å². The van der Waals surface area contributed by atoms with Gasteiger partial charge in [0.15, 0.2) is 11.5 Å². The van der Waals surface area contributed by atoms with Crippen LogP contribution in [-0.4, -0.2) is 37.1 Å². The summed E-state index contributed by atoms with van der Waals surface area (Å²) >= 11 is 37.4. The molecule has 0 heterocycles. The van der Waals surface area contributed by atoms with E-state index in [1.165, 1.54) is 0 Å². The molecule has 2 aromatic rings. The molecule has 2 unspecified atom stereocenters. The van der Waals surface area contributed by atoms with Gasteiger partial charge in [-0.25, -0.2) is 19.2 Å². The Hall–Kier alpha value is -1.94. The van der Waals surface area contributed by atoms with Gasteiger partial charge in [0.25, 0.3) is 0 Å². The molecule has 2 atom stereocenters. The number of rotatable bonds is 8. The fourth-order valence-corrected chi connectivity index (χ4v) is 8.32. The molecule has 8 nitrogen and oxygen atoms in total. The van der Waals surface area contributed by atoms with Gasteiger partial charge in [0.05, 0.1) is 43.3 Å². The molecule has 44 heavy (non-hydrogen) atoms. The molecule has 6 saturated carbocycles. The van der Waals surface area contributed by atoms with Gasteiger partial charge in [0, 0.05) is 0 Å². The SMILES string of the molecule is O=C(Oc1c(Cl)cc(Cl)c(Cl)c1C(=O)OCC1CC2CC1C2)C(=O)Oc1c(Cl)cc(Cl)c(Cl)c1C(=O)OCC1CC2CC1C2. The molecule has 2 aromatic carbocycles. The van der Waals surface area contributed by atoms with E-state index in [2.05, 4.69) is 0 Å². The van der Waals surface area contributed by atoms with Crippen LogP contribution in [0.2, 0.25) is 30.1 Å². The first kappa shape index (κ1) is 32.0. The molecular formula is C30H24Cl6O8. The minimum Gasteiger partial charge on any atom is -0.462 e. The van der Waals surface area contributed by atoms with Crippen molar-refractivity contribution in [3.8, 4) is 11.5 Å². The third kappa shape index (κ3) is 6.10. The highest BCUT2D eigenvalue weighted by molar-refractivity contribution is 6.47. The molecule has 14 heteroatoms. The summed E-state index contributed by atoms with van der Waals surface area (Å²) in [6.07, 6.45) is 6.37. The monoisotopic (exact) mass is 722 g/mol. The first-order valence-corrected chi connectivity index (χ1v) is 16.3. The van der Waals surface area contributed by atoms with Crippen LogP contribution in [0.4, 0.5) is 0 Å². The lowest BCUT2D eigenvalue weighted by atomic mass is 9.83. The van der Waals surface area contributed by atoms with Crippen molar-refractivity contribution in [2.24, 2.45) is 35.5 Å². The third-order valence-electron chi connectivity index (χ3n) is 9.22. The predicted molar refractivity (Wildman–Crippen MR) is 163 cm³/mol. The van der Waals surface area contributed by atoms with Crippen molar-refractivity contribution >= 4 is 93.5 Å². The lowest BCUT2D eigenvalue weighted by Crippen LogP contribution is -2.28. The van der Waals surface area contributed by atoms with Crippen LogP contribution in [0.15, 0.2) is 12.1 Å². The van der Waals surface area contributed by atoms with Crippen molar-refractivity contribution in [1.29, 1.82) is 0 Å². The number of halogens is 6. The Morgan fingerprint density at radius 2 is 0.932 bits per heavy atom. The first-order chi connectivity index (χ1) is 20.9. The second kappa shape index (κ2) is 12.7. The second-order valence-corrected chi connectivity index (χ2v) is 14.3. The van der Waals surface area contributed by atoms with Gasteiger partial charge in [-0.1, -0.05) is 69.6 Å². The molecule has 234 valence electrons. The van der Waals surface area contributed by atoms with Gasteiger partial charge in [0.2, 0.25) is 0 Å². The van der Waals surface area contributed by atoms with E-state index in [0.717, 1.165) is 50.7 Å². The summed E-state index contributed by atoms with van der Waals surface area (Å²) in [6.45, 7) is 0.291. The molecule has 0 aliphatic heterocycles. The van der Waals surface area contributed by atoms with Crippen LogP contribution in [-0.2, 0) is 19.1 Å². The minimum atomic E-state index is -1.62. The highest BCUT2D eigenvalue weighted by Crippen LogP contribution is 2.53. The predicted octanol–water partition coefficient (Wildman–Crippen LogP) is 8.52. The summed E-state index contributed by atoms with van der Waals surface area (Å²) in [5.74, 6) is -3.47. The maximum absolute atomic E-state index is 13.1. The van der Waals surface area contributed by atoms with Crippen molar-refractivity contribution in [3.63, 3.8) is 0 Å². The summed E-state index contributed by atoms with van der Waals surface area (Å²) in [5, 5.41) is -1.37. The Balaban J connectivity index is 1.18. The van der Waals surface area contributed by atoms with Crippen molar-refractivity contribution in [1.82, 2.24) is 0 Å². The number of carbonyl (C=O) groups excluding carboxylic acids is 4. The molecule has 0 N–H and O–H groups in total. The average molecular weight is 725 g/mol. The Morgan fingerprint density at radius 1 is 0.568 bits per heavy atom. The van der Waals surface area contributed by atoms with E-state index in [9.17, 15) is 19.2 Å². The van der Waals surface area contributed by atoms with Crippen LogP contribution < -0.4 is 9.47 Å². The van der Waals surface area contributed by atoms with Crippen LogP contribution in [0.3, 0.4) is 0 Å². The van der Waals surface area contributed by atoms with E-state index < -0.39 is 46.5 Å². The summed E-state index contributed by atoms with van der Waals surface area (Å²) in [6, 6.07) is 2.28. The van der Waals surface area contributed by atoms with Gasteiger partial charge in [0.1, 0.15) is 11.1 Å². The van der Waals surface area contributed by atoms with Crippen LogP contribution in [0.1, 0.15) is 59.2 Å². The van der Waals surface area contributed by atoms with E-state index in [0.29, 0.717) is 23.7 Å². The Bertz CT molecular complexity index is 1450. The number of fused-ring (bicyclic) bond motifs is 2. The molecule has 4 bridgehead atoms. The number of hydrogen-bond acceptors (Lipinski definition) is 8. The summed E-state index contributed by atoms with van der Waals surface area (Å²) < 4.78 is 21.3. The molecule has 0 radical (unpaired) electrons. The first-order valence-electron chi connectivity index (χ1n) is 14.0. The zero-order chi connectivity index (χ0) is 31.4. The largest absolute Gasteiger partial charge is 0.462 e. The summed E-state index contributed by atoms with van der Waals surface area (Å²) in [7, 11) is 0. The van der Waals surface area contributed by atoms with Gasteiger partial charge >= 0.3 is 23.9 Å². The van der Waals surface area contributed by atoms with Crippen molar-refractivity contribution in [2.75, 3.05) is 13.2 Å². The van der Waals surface area contributed by atoms with E-state index >= 15 is 0 Å². The molecule has 8 rings (SSSR count). The van der Waals surface area contributed by atoms with Crippen LogP contribution in [0.5, 0.6) is 11.5 Å². The van der Waals surface area contributed by atoms with E-state index in [4.69, 9.17) is 88.6 Å². The van der Waals surface area contributed by atoms with Crippen LogP contribution in [0.25, 0.3) is 0 Å². The Kier molecular flexibility index (Phi) is 9.23. The summed E-state index contributed by atoms with van der Waals surface area (Å²) in [5.41, 5.74) is -0.866. The number of esters is 4. The lowest BCUT2D eigenvalue weighted by molar-refractivity contribution is -0.156. The van der Waals surface area contributed by atoms with E-state index in [1.54, 1.807) is 0 Å². The van der Waals surface area contributed by atoms with Crippen molar-refractivity contribution < 1.29 is 38.1 Å². The highest BCUT2D eigenvalue weighted by atomic mass is 35.5. The molecular weight excluding hydrogens is 701 g/mol. The maximum atomic E-state index is 13.1. The molecule has 6 fully saturated rings. The number of hydrogen-bond donors (Lipinski definition) is 0. The molecule has 6 aliphatic rings. The number of ether oxygens (including phenoxy) is 4. The quantitative estimate of drug-likeness (QED) is 0.116. The molecule has 0 saturated heterocycles. The topological polar surface area (TPSA) is 105 Å². The summed E-state index contributed by atoms with van der Waals surface area (Å²) in [4.78, 5) is 52.1. The minimum absolute atomic E-state index is 0.102. The zero-order valence-corrected chi connectivity index (χ0v) is 27.3. The van der Waals surface area contributed by atoms with Crippen LogP contribution in [0, 0.1) is 35.5 Å². The normalized spacial score (nSPS) is 26.0. The number of benzene rings is 2. The van der Waals surface area contributed by atoms with Gasteiger partial charge in [-0.15, -0.1) is 0 Å². The standard InChI is InChI=1S/C30H24Cl6O8/c31-17-7-19(33)25(21(23(17)35)27(37)41-9-15-5-11-1-13(15)2-11)43-29(39)30(40)44-26-20(34)8-18(32)24(36)22(26)28(38)42-10-16-6-12-3-14(16)4-12/h7-8,11-16H,1-6,9-10H2. The van der Waals surface area contributed by atoms with Gasteiger partial charge in [-0.2, -0.15) is 0 Å². The fourth-order valence-electron chi connectivity index (χ4n) is 6.88.